The fourth-order valence-corrected chi connectivity index (χ4v) is 3.73. The molecule has 5 heteroatoms. The van der Waals surface area contributed by atoms with Crippen molar-refractivity contribution in [3.63, 3.8) is 0 Å². The molecular weight excluding hydrogens is 316 g/mol. The summed E-state index contributed by atoms with van der Waals surface area (Å²) in [6.45, 7) is 1.92. The van der Waals surface area contributed by atoms with Gasteiger partial charge in [-0.25, -0.2) is 4.31 Å². The summed E-state index contributed by atoms with van der Waals surface area (Å²) in [4.78, 5) is 0. The summed E-state index contributed by atoms with van der Waals surface area (Å²) in [5.74, 6) is 1.56. The van der Waals surface area contributed by atoms with E-state index < -0.39 is 0 Å². The Bertz CT molecular complexity index is 638. The molecule has 0 saturated heterocycles. The molecule has 0 spiro atoms. The maximum atomic E-state index is 5.85. The van der Waals surface area contributed by atoms with Crippen molar-refractivity contribution in [2.45, 2.75) is 13.0 Å². The zero-order chi connectivity index (χ0) is 15.4. The Labute approximate surface area is 141 Å². The van der Waals surface area contributed by atoms with Gasteiger partial charge >= 0.3 is 0 Å². The Kier molecular flexibility index (Phi) is 5.13. The lowest BCUT2D eigenvalue weighted by molar-refractivity contribution is 0.415. The fraction of sp³-hybridized carbons (Fsp3) is 0.294. The van der Waals surface area contributed by atoms with Gasteiger partial charge in [-0.15, -0.1) is 11.6 Å². The van der Waals surface area contributed by atoms with E-state index in [9.17, 15) is 0 Å². The lowest BCUT2D eigenvalue weighted by atomic mass is 10.1. The van der Waals surface area contributed by atoms with Crippen molar-refractivity contribution in [2.24, 2.45) is 0 Å². The van der Waals surface area contributed by atoms with Crippen LogP contribution >= 0.6 is 23.7 Å². The van der Waals surface area contributed by atoms with E-state index in [1.54, 1.807) is 19.2 Å². The van der Waals surface area contributed by atoms with Crippen molar-refractivity contribution in [3.05, 3.63) is 54.1 Å². The third-order valence-corrected chi connectivity index (χ3v) is 4.96. The number of halogens is 1. The number of ether oxygens (including phenoxy) is 1. The summed E-state index contributed by atoms with van der Waals surface area (Å²) in [5, 5.41) is 0. The fourth-order valence-electron chi connectivity index (χ4n) is 2.50. The first-order valence-electron chi connectivity index (χ1n) is 7.33. The normalized spacial score (nSPS) is 14.7. The minimum Gasteiger partial charge on any atom is -0.497 e. The minimum absolute atomic E-state index is 0.692. The zero-order valence-corrected chi connectivity index (χ0v) is 14.1. The highest BCUT2D eigenvalue weighted by Crippen LogP contribution is 2.42. The Morgan fingerprint density at radius 2 is 2.05 bits per heavy atom. The standard InChI is InChI=1S/C17H19ClN2OS/c1-21-16-8-4-7-15(12-16)20-17-9-3-2-6-14(17)13-19(22-20)11-5-10-18/h2-4,6-9,12H,5,10-11,13H2,1H3. The molecule has 0 radical (unpaired) electrons. The summed E-state index contributed by atoms with van der Waals surface area (Å²) in [7, 11) is 1.70. The lowest BCUT2D eigenvalue weighted by Gasteiger charge is -2.36. The Morgan fingerprint density at radius 1 is 1.18 bits per heavy atom. The van der Waals surface area contributed by atoms with Crippen LogP contribution in [-0.4, -0.2) is 23.8 Å². The molecular formula is C17H19ClN2OS. The number of methoxy groups -OCH3 is 1. The predicted molar refractivity (Wildman–Crippen MR) is 94.9 cm³/mol. The molecule has 2 aromatic carbocycles. The first kappa shape index (κ1) is 15.5. The summed E-state index contributed by atoms with van der Waals surface area (Å²) < 4.78 is 9.97. The van der Waals surface area contributed by atoms with Gasteiger partial charge in [0.25, 0.3) is 0 Å². The molecule has 2 aromatic rings. The van der Waals surface area contributed by atoms with Crippen LogP contribution in [0.3, 0.4) is 0 Å². The number of nitrogens with zero attached hydrogens (tertiary/aromatic N) is 2. The number of hydrogen-bond acceptors (Lipinski definition) is 4. The maximum Gasteiger partial charge on any atom is 0.120 e. The Hall–Kier alpha value is -1.36. The molecule has 22 heavy (non-hydrogen) atoms. The number of alkyl halides is 1. The number of rotatable bonds is 5. The highest BCUT2D eigenvalue weighted by Gasteiger charge is 2.24. The second-order valence-corrected chi connectivity index (χ2v) is 6.54. The van der Waals surface area contributed by atoms with Gasteiger partial charge in [-0.05, 0) is 30.2 Å². The molecule has 0 atom stereocenters. The van der Waals surface area contributed by atoms with Gasteiger partial charge in [0, 0.05) is 37.2 Å². The molecule has 0 bridgehead atoms. The molecule has 1 aliphatic rings. The van der Waals surface area contributed by atoms with Crippen molar-refractivity contribution in [1.29, 1.82) is 0 Å². The average Bonchev–Trinajstić information content (AvgIpc) is 2.59. The Morgan fingerprint density at radius 3 is 2.86 bits per heavy atom. The third kappa shape index (κ3) is 3.35. The summed E-state index contributed by atoms with van der Waals surface area (Å²) in [6, 6.07) is 16.7. The van der Waals surface area contributed by atoms with Crippen LogP contribution in [0, 0.1) is 0 Å². The largest absolute Gasteiger partial charge is 0.497 e. The number of fused-ring (bicyclic) bond motifs is 1. The van der Waals surface area contributed by atoms with Gasteiger partial charge in [0.1, 0.15) is 5.75 Å². The van der Waals surface area contributed by atoms with E-state index in [4.69, 9.17) is 16.3 Å². The van der Waals surface area contributed by atoms with Crippen molar-refractivity contribution >= 4 is 35.1 Å². The monoisotopic (exact) mass is 334 g/mol. The first-order valence-corrected chi connectivity index (χ1v) is 8.59. The average molecular weight is 335 g/mol. The summed E-state index contributed by atoms with van der Waals surface area (Å²) in [6.07, 6.45) is 0.989. The first-order chi connectivity index (χ1) is 10.8. The van der Waals surface area contributed by atoms with Crippen LogP contribution < -0.4 is 9.04 Å². The van der Waals surface area contributed by atoms with E-state index in [2.05, 4.69) is 45.0 Å². The SMILES string of the molecule is COc1cccc(N2SN(CCCCl)Cc3ccccc32)c1. The van der Waals surface area contributed by atoms with Crippen molar-refractivity contribution in [2.75, 3.05) is 23.8 Å². The van der Waals surface area contributed by atoms with Crippen LogP contribution in [0.2, 0.25) is 0 Å². The number of hydrogen-bond donors (Lipinski definition) is 0. The van der Waals surface area contributed by atoms with Gasteiger partial charge in [0.15, 0.2) is 0 Å². The lowest BCUT2D eigenvalue weighted by Crippen LogP contribution is -2.28. The smallest absolute Gasteiger partial charge is 0.120 e. The highest BCUT2D eigenvalue weighted by atomic mass is 35.5. The molecule has 0 N–H and O–H groups in total. The second kappa shape index (κ2) is 7.27. The minimum atomic E-state index is 0.692. The predicted octanol–water partition coefficient (Wildman–Crippen LogP) is 4.84. The van der Waals surface area contributed by atoms with Crippen LogP contribution in [0.4, 0.5) is 11.4 Å². The van der Waals surface area contributed by atoms with Crippen LogP contribution in [0.15, 0.2) is 48.5 Å². The molecule has 3 rings (SSSR count). The van der Waals surface area contributed by atoms with E-state index in [-0.39, 0.29) is 0 Å². The van der Waals surface area contributed by atoms with Crippen molar-refractivity contribution < 1.29 is 4.74 Å². The van der Waals surface area contributed by atoms with Gasteiger partial charge in [-0.1, -0.05) is 24.3 Å². The van der Waals surface area contributed by atoms with Crippen LogP contribution in [0.1, 0.15) is 12.0 Å². The van der Waals surface area contributed by atoms with Gasteiger partial charge < -0.3 is 4.74 Å². The van der Waals surface area contributed by atoms with Gasteiger partial charge in [-0.2, -0.15) is 0 Å². The molecule has 0 amide bonds. The molecule has 0 aliphatic carbocycles. The van der Waals surface area contributed by atoms with E-state index in [1.807, 2.05) is 12.1 Å². The number of benzene rings is 2. The summed E-state index contributed by atoms with van der Waals surface area (Å²) >= 11 is 7.59. The van der Waals surface area contributed by atoms with E-state index >= 15 is 0 Å². The highest BCUT2D eigenvalue weighted by molar-refractivity contribution is 7.98. The van der Waals surface area contributed by atoms with Gasteiger partial charge in [-0.3, -0.25) is 4.31 Å². The second-order valence-electron chi connectivity index (χ2n) is 5.11. The number of para-hydroxylation sites is 1. The topological polar surface area (TPSA) is 15.7 Å². The molecule has 0 aromatic heterocycles. The molecule has 1 aliphatic heterocycles. The molecule has 0 unspecified atom stereocenters. The quantitative estimate of drug-likeness (QED) is 0.574. The molecule has 1 heterocycles. The third-order valence-electron chi connectivity index (χ3n) is 3.58. The van der Waals surface area contributed by atoms with E-state index in [1.165, 1.54) is 11.3 Å². The molecule has 3 nitrogen and oxygen atoms in total. The van der Waals surface area contributed by atoms with E-state index in [0.717, 1.165) is 30.9 Å². The van der Waals surface area contributed by atoms with Crippen molar-refractivity contribution in [3.8, 4) is 5.75 Å². The molecule has 116 valence electrons. The molecule has 0 fully saturated rings. The zero-order valence-electron chi connectivity index (χ0n) is 12.5. The Balaban J connectivity index is 1.93. The van der Waals surface area contributed by atoms with Crippen LogP contribution in [-0.2, 0) is 6.54 Å². The maximum absolute atomic E-state index is 5.85. The van der Waals surface area contributed by atoms with Gasteiger partial charge in [0.05, 0.1) is 18.5 Å². The molecule has 0 saturated carbocycles. The number of anilines is 2. The van der Waals surface area contributed by atoms with Gasteiger partial charge in [0.2, 0.25) is 0 Å². The van der Waals surface area contributed by atoms with Crippen molar-refractivity contribution in [1.82, 2.24) is 4.31 Å². The van der Waals surface area contributed by atoms with Crippen LogP contribution in [0.5, 0.6) is 5.75 Å². The van der Waals surface area contributed by atoms with Crippen LogP contribution in [0.25, 0.3) is 0 Å². The summed E-state index contributed by atoms with van der Waals surface area (Å²) in [5.41, 5.74) is 3.69. The van der Waals surface area contributed by atoms with E-state index in [0.29, 0.717) is 5.88 Å².